The molecule has 1 aliphatic rings. The van der Waals surface area contributed by atoms with Gasteiger partial charge in [-0.25, -0.2) is 0 Å². The number of likely N-dealkylation sites (tertiary alicyclic amines) is 1. The predicted octanol–water partition coefficient (Wildman–Crippen LogP) is 2.04. The minimum absolute atomic E-state index is 0.00646. The number of alkyl halides is 3. The van der Waals surface area contributed by atoms with Crippen LogP contribution < -0.4 is 0 Å². The first kappa shape index (κ1) is 17.6. The fourth-order valence-electron chi connectivity index (χ4n) is 2.41. The molecule has 23 heavy (non-hydrogen) atoms. The first-order chi connectivity index (χ1) is 10.8. The Morgan fingerprint density at radius 2 is 2.09 bits per heavy atom. The summed E-state index contributed by atoms with van der Waals surface area (Å²) in [5, 5.41) is 8.92. The molecule has 2 heterocycles. The predicted molar refractivity (Wildman–Crippen MR) is 77.6 cm³/mol. The van der Waals surface area contributed by atoms with E-state index in [0.717, 1.165) is 10.6 Å². The number of rotatable bonds is 5. The SMILES string of the molecule is O=C(O)[C@@H]1CN(C(=O)CSCc2ccccn2)C[C@H]1C(F)(F)F. The number of hydrogen-bond donors (Lipinski definition) is 1. The largest absolute Gasteiger partial charge is 0.481 e. The van der Waals surface area contributed by atoms with Crippen molar-refractivity contribution < 1.29 is 27.9 Å². The van der Waals surface area contributed by atoms with Crippen molar-refractivity contribution >= 4 is 23.6 Å². The number of hydrogen-bond acceptors (Lipinski definition) is 4. The van der Waals surface area contributed by atoms with E-state index in [-0.39, 0.29) is 5.75 Å². The molecule has 2 atom stereocenters. The van der Waals surface area contributed by atoms with Crippen LogP contribution in [0.25, 0.3) is 0 Å². The van der Waals surface area contributed by atoms with Gasteiger partial charge in [-0.1, -0.05) is 6.07 Å². The zero-order valence-corrected chi connectivity index (χ0v) is 12.8. The lowest BCUT2D eigenvalue weighted by Crippen LogP contribution is -2.34. The second kappa shape index (κ2) is 7.20. The van der Waals surface area contributed by atoms with Gasteiger partial charge in [0, 0.05) is 25.0 Å². The molecule has 0 spiro atoms. The van der Waals surface area contributed by atoms with Gasteiger partial charge in [-0.15, -0.1) is 11.8 Å². The lowest BCUT2D eigenvalue weighted by molar-refractivity contribution is -0.188. The number of aliphatic carboxylic acids is 1. The fraction of sp³-hybridized carbons (Fsp3) is 0.500. The molecule has 1 aromatic rings. The smallest absolute Gasteiger partial charge is 0.394 e. The second-order valence-corrected chi connectivity index (χ2v) is 6.19. The van der Waals surface area contributed by atoms with E-state index in [4.69, 9.17) is 5.11 Å². The molecule has 1 N–H and O–H groups in total. The van der Waals surface area contributed by atoms with Crippen molar-refractivity contribution in [1.29, 1.82) is 0 Å². The number of carboxylic acid groups (broad SMARTS) is 1. The summed E-state index contributed by atoms with van der Waals surface area (Å²) in [7, 11) is 0. The van der Waals surface area contributed by atoms with E-state index in [1.807, 2.05) is 0 Å². The summed E-state index contributed by atoms with van der Waals surface area (Å²) >= 11 is 1.24. The summed E-state index contributed by atoms with van der Waals surface area (Å²) < 4.78 is 38.6. The summed E-state index contributed by atoms with van der Waals surface area (Å²) in [6.07, 6.45) is -3.01. The van der Waals surface area contributed by atoms with Crippen LogP contribution in [0.15, 0.2) is 24.4 Å². The molecule has 0 radical (unpaired) electrons. The summed E-state index contributed by atoms with van der Waals surface area (Å²) in [6.45, 7) is -0.994. The van der Waals surface area contributed by atoms with Gasteiger partial charge in [-0.2, -0.15) is 13.2 Å². The van der Waals surface area contributed by atoms with Gasteiger partial charge in [0.05, 0.1) is 23.3 Å². The number of nitrogens with zero attached hydrogens (tertiary/aromatic N) is 2. The van der Waals surface area contributed by atoms with Crippen molar-refractivity contribution in [2.45, 2.75) is 11.9 Å². The average Bonchev–Trinajstić information content (AvgIpc) is 2.94. The molecular weight excluding hydrogens is 333 g/mol. The first-order valence-corrected chi connectivity index (χ1v) is 7.99. The summed E-state index contributed by atoms with van der Waals surface area (Å²) in [6, 6.07) is 5.34. The van der Waals surface area contributed by atoms with Gasteiger partial charge in [0.25, 0.3) is 0 Å². The van der Waals surface area contributed by atoms with E-state index in [1.54, 1.807) is 24.4 Å². The third-order valence-corrected chi connectivity index (χ3v) is 4.56. The Kier molecular flexibility index (Phi) is 5.51. The zero-order valence-electron chi connectivity index (χ0n) is 12.0. The molecule has 0 unspecified atom stereocenters. The molecule has 0 saturated carbocycles. The zero-order chi connectivity index (χ0) is 17.0. The number of pyridine rings is 1. The monoisotopic (exact) mass is 348 g/mol. The van der Waals surface area contributed by atoms with E-state index < -0.39 is 43.0 Å². The number of halogens is 3. The Balaban J connectivity index is 1.89. The van der Waals surface area contributed by atoms with Crippen LogP contribution in [0.5, 0.6) is 0 Å². The van der Waals surface area contributed by atoms with Gasteiger partial charge in [0.1, 0.15) is 0 Å². The van der Waals surface area contributed by atoms with E-state index in [9.17, 15) is 22.8 Å². The standard InChI is InChI=1S/C14H15F3N2O3S/c15-14(16,17)11-6-19(5-10(11)13(21)22)12(20)8-23-7-9-3-1-2-4-18-9/h1-4,10-11H,5-8H2,(H,21,22)/t10-,11-/m1/s1. The molecule has 1 saturated heterocycles. The van der Waals surface area contributed by atoms with Gasteiger partial charge in [-0.05, 0) is 12.1 Å². The Bertz CT molecular complexity index is 568. The lowest BCUT2D eigenvalue weighted by Gasteiger charge is -2.18. The molecule has 1 aromatic heterocycles. The molecule has 1 amide bonds. The highest BCUT2D eigenvalue weighted by molar-refractivity contribution is 7.99. The summed E-state index contributed by atoms with van der Waals surface area (Å²) in [4.78, 5) is 28.0. The number of amides is 1. The Hall–Kier alpha value is -1.77. The van der Waals surface area contributed by atoms with E-state index in [0.29, 0.717) is 5.75 Å². The minimum Gasteiger partial charge on any atom is -0.481 e. The Labute approximate surface area is 134 Å². The number of thioether (sulfide) groups is 1. The molecule has 126 valence electrons. The number of carboxylic acids is 1. The van der Waals surface area contributed by atoms with Crippen molar-refractivity contribution in [3.8, 4) is 0 Å². The van der Waals surface area contributed by atoms with E-state index in [1.165, 1.54) is 11.8 Å². The average molecular weight is 348 g/mol. The van der Waals surface area contributed by atoms with Gasteiger partial charge >= 0.3 is 12.1 Å². The van der Waals surface area contributed by atoms with Crippen LogP contribution in [-0.2, 0) is 15.3 Å². The van der Waals surface area contributed by atoms with E-state index in [2.05, 4.69) is 4.98 Å². The van der Waals surface area contributed by atoms with Crippen LogP contribution in [0, 0.1) is 11.8 Å². The normalized spacial score (nSPS) is 21.4. The Morgan fingerprint density at radius 3 is 2.61 bits per heavy atom. The maximum atomic E-state index is 12.9. The summed E-state index contributed by atoms with van der Waals surface area (Å²) in [5.41, 5.74) is 0.767. The van der Waals surface area contributed by atoms with Crippen molar-refractivity contribution in [2.24, 2.45) is 11.8 Å². The van der Waals surface area contributed by atoms with Gasteiger partial charge in [0.2, 0.25) is 5.91 Å². The third kappa shape index (κ3) is 4.60. The topological polar surface area (TPSA) is 70.5 Å². The van der Waals surface area contributed by atoms with Crippen molar-refractivity contribution in [3.05, 3.63) is 30.1 Å². The molecular formula is C14H15F3N2O3S. The molecule has 1 aliphatic heterocycles. The quantitative estimate of drug-likeness (QED) is 0.882. The lowest BCUT2D eigenvalue weighted by atomic mass is 9.96. The first-order valence-electron chi connectivity index (χ1n) is 6.84. The van der Waals surface area contributed by atoms with E-state index >= 15 is 0 Å². The maximum Gasteiger partial charge on any atom is 0.394 e. The van der Waals surface area contributed by atoms with Crippen molar-refractivity contribution in [1.82, 2.24) is 9.88 Å². The number of carbonyl (C=O) groups excluding carboxylic acids is 1. The highest BCUT2D eigenvalue weighted by atomic mass is 32.2. The second-order valence-electron chi connectivity index (χ2n) is 5.21. The Morgan fingerprint density at radius 1 is 1.35 bits per heavy atom. The minimum atomic E-state index is -4.63. The van der Waals surface area contributed by atoms with Crippen LogP contribution in [-0.4, -0.2) is 51.9 Å². The molecule has 0 aliphatic carbocycles. The van der Waals surface area contributed by atoms with Crippen LogP contribution >= 0.6 is 11.8 Å². The molecule has 1 fully saturated rings. The summed E-state index contributed by atoms with van der Waals surface area (Å²) in [5.74, 6) is -5.16. The molecule has 2 rings (SSSR count). The number of aromatic nitrogens is 1. The van der Waals surface area contributed by atoms with Crippen LogP contribution in [0.1, 0.15) is 5.69 Å². The molecule has 0 bridgehead atoms. The highest BCUT2D eigenvalue weighted by Gasteiger charge is 2.53. The maximum absolute atomic E-state index is 12.9. The fourth-order valence-corrected chi connectivity index (χ4v) is 3.25. The van der Waals surface area contributed by atoms with Gasteiger partial charge in [0.15, 0.2) is 0 Å². The number of carbonyl (C=O) groups is 2. The van der Waals surface area contributed by atoms with Crippen molar-refractivity contribution in [3.63, 3.8) is 0 Å². The molecule has 9 heteroatoms. The molecule has 0 aromatic carbocycles. The molecule has 5 nitrogen and oxygen atoms in total. The van der Waals surface area contributed by atoms with Gasteiger partial charge in [-0.3, -0.25) is 14.6 Å². The highest BCUT2D eigenvalue weighted by Crippen LogP contribution is 2.37. The van der Waals surface area contributed by atoms with Gasteiger partial charge < -0.3 is 10.0 Å². The van der Waals surface area contributed by atoms with Crippen LogP contribution in [0.4, 0.5) is 13.2 Å². The van der Waals surface area contributed by atoms with Crippen molar-refractivity contribution in [2.75, 3.05) is 18.8 Å². The van der Waals surface area contributed by atoms with Crippen LogP contribution in [0.2, 0.25) is 0 Å². The third-order valence-electron chi connectivity index (χ3n) is 3.61. The van der Waals surface area contributed by atoms with Crippen LogP contribution in [0.3, 0.4) is 0 Å².